The molecule has 0 aliphatic carbocycles. The summed E-state index contributed by atoms with van der Waals surface area (Å²) in [6.45, 7) is 0. The second kappa shape index (κ2) is 6.29. The number of nitrogens with two attached hydrogens (primary N) is 1. The van der Waals surface area contributed by atoms with Gasteiger partial charge in [0.2, 0.25) is 0 Å². The van der Waals surface area contributed by atoms with E-state index in [4.69, 9.17) is 20.3 Å². The molecule has 106 valence electrons. The van der Waals surface area contributed by atoms with Crippen LogP contribution in [0.1, 0.15) is 18.0 Å². The van der Waals surface area contributed by atoms with Crippen LogP contribution in [0.3, 0.4) is 0 Å². The van der Waals surface area contributed by atoms with Crippen molar-refractivity contribution >= 4 is 11.7 Å². The highest BCUT2D eigenvalue weighted by molar-refractivity contribution is 5.69. The van der Waals surface area contributed by atoms with Crippen LogP contribution in [-0.4, -0.2) is 39.4 Å². The Bertz CT molecular complexity index is 460. The minimum absolute atomic E-state index is 0.166. The lowest BCUT2D eigenvalue weighted by molar-refractivity contribution is -0.137. The third-order valence-corrected chi connectivity index (χ3v) is 2.81. The van der Waals surface area contributed by atoms with Gasteiger partial charge in [-0.15, -0.1) is 0 Å². The zero-order valence-corrected chi connectivity index (χ0v) is 11.6. The molecule has 1 rings (SSSR count). The SMILES string of the molecule is COc1cc(N(C)C)c(OC)cc1C(N)CC(=O)O. The molecule has 0 saturated carbocycles. The van der Waals surface area contributed by atoms with Crippen molar-refractivity contribution in [2.24, 2.45) is 5.73 Å². The summed E-state index contributed by atoms with van der Waals surface area (Å²) < 4.78 is 10.6. The Hall–Kier alpha value is -1.95. The fourth-order valence-electron chi connectivity index (χ4n) is 1.84. The molecule has 0 bridgehead atoms. The molecule has 1 aromatic carbocycles. The van der Waals surface area contributed by atoms with E-state index in [-0.39, 0.29) is 6.42 Å². The second-order valence-electron chi connectivity index (χ2n) is 4.36. The lowest BCUT2D eigenvalue weighted by Gasteiger charge is -2.21. The molecule has 0 saturated heterocycles. The number of hydrogen-bond donors (Lipinski definition) is 2. The van der Waals surface area contributed by atoms with Crippen molar-refractivity contribution in [3.63, 3.8) is 0 Å². The van der Waals surface area contributed by atoms with Crippen molar-refractivity contribution in [2.45, 2.75) is 12.5 Å². The normalized spacial score (nSPS) is 11.8. The molecule has 1 aromatic rings. The van der Waals surface area contributed by atoms with Crippen molar-refractivity contribution in [2.75, 3.05) is 33.2 Å². The fraction of sp³-hybridized carbons (Fsp3) is 0.462. The van der Waals surface area contributed by atoms with Gasteiger partial charge in [-0.25, -0.2) is 0 Å². The standard InChI is InChI=1S/C13H20N2O4/c1-15(2)10-7-11(18-3)8(5-12(10)19-4)9(14)6-13(16)17/h5,7,9H,6,14H2,1-4H3,(H,16,17). The van der Waals surface area contributed by atoms with E-state index in [0.29, 0.717) is 17.1 Å². The Morgan fingerprint density at radius 2 is 1.89 bits per heavy atom. The zero-order chi connectivity index (χ0) is 14.6. The number of carboxylic acids is 1. The van der Waals surface area contributed by atoms with Gasteiger partial charge in [0.15, 0.2) is 0 Å². The van der Waals surface area contributed by atoms with Crippen LogP contribution in [0.15, 0.2) is 12.1 Å². The van der Waals surface area contributed by atoms with E-state index in [1.807, 2.05) is 19.0 Å². The molecule has 0 radical (unpaired) electrons. The van der Waals surface area contributed by atoms with Gasteiger partial charge in [-0.2, -0.15) is 0 Å². The van der Waals surface area contributed by atoms with Crippen LogP contribution in [0.4, 0.5) is 5.69 Å². The monoisotopic (exact) mass is 268 g/mol. The van der Waals surface area contributed by atoms with E-state index >= 15 is 0 Å². The molecule has 6 nitrogen and oxygen atoms in total. The first-order valence-electron chi connectivity index (χ1n) is 5.81. The number of methoxy groups -OCH3 is 2. The molecule has 6 heteroatoms. The Kier molecular flexibility index (Phi) is 5.00. The van der Waals surface area contributed by atoms with E-state index in [1.54, 1.807) is 19.2 Å². The average Bonchev–Trinajstić information content (AvgIpc) is 2.35. The zero-order valence-electron chi connectivity index (χ0n) is 11.6. The lowest BCUT2D eigenvalue weighted by atomic mass is 10.0. The highest BCUT2D eigenvalue weighted by Gasteiger charge is 2.19. The number of anilines is 1. The Labute approximate surface area is 112 Å². The molecular weight excluding hydrogens is 248 g/mol. The predicted molar refractivity (Wildman–Crippen MR) is 73.1 cm³/mol. The smallest absolute Gasteiger partial charge is 0.305 e. The highest BCUT2D eigenvalue weighted by atomic mass is 16.5. The molecule has 1 unspecified atom stereocenters. The first-order valence-corrected chi connectivity index (χ1v) is 5.81. The van der Waals surface area contributed by atoms with Crippen molar-refractivity contribution < 1.29 is 19.4 Å². The fourth-order valence-corrected chi connectivity index (χ4v) is 1.84. The summed E-state index contributed by atoms with van der Waals surface area (Å²) >= 11 is 0. The molecule has 0 fully saturated rings. The number of carbonyl (C=O) groups is 1. The van der Waals surface area contributed by atoms with Crippen LogP contribution in [-0.2, 0) is 4.79 Å². The van der Waals surface area contributed by atoms with Crippen LogP contribution < -0.4 is 20.1 Å². The third kappa shape index (κ3) is 3.51. The molecule has 0 spiro atoms. The van der Waals surface area contributed by atoms with Gasteiger partial charge in [0.05, 0.1) is 26.3 Å². The molecule has 3 N–H and O–H groups in total. The van der Waals surface area contributed by atoms with Crippen molar-refractivity contribution in [1.82, 2.24) is 0 Å². The summed E-state index contributed by atoms with van der Waals surface area (Å²) in [6.07, 6.45) is -0.166. The van der Waals surface area contributed by atoms with Crippen molar-refractivity contribution in [1.29, 1.82) is 0 Å². The summed E-state index contributed by atoms with van der Waals surface area (Å²) in [6, 6.07) is 2.87. The van der Waals surface area contributed by atoms with E-state index in [2.05, 4.69) is 0 Å². The largest absolute Gasteiger partial charge is 0.496 e. The van der Waals surface area contributed by atoms with Gasteiger partial charge in [-0.1, -0.05) is 0 Å². The van der Waals surface area contributed by atoms with Gasteiger partial charge in [-0.3, -0.25) is 4.79 Å². The van der Waals surface area contributed by atoms with Gasteiger partial charge < -0.3 is 25.2 Å². The summed E-state index contributed by atoms with van der Waals surface area (Å²) in [5.74, 6) is 0.227. The molecule has 0 amide bonds. The van der Waals surface area contributed by atoms with E-state index < -0.39 is 12.0 Å². The molecule has 0 aliphatic heterocycles. The van der Waals surface area contributed by atoms with Crippen molar-refractivity contribution in [3.8, 4) is 11.5 Å². The van der Waals surface area contributed by atoms with Crippen LogP contribution in [0.2, 0.25) is 0 Å². The summed E-state index contributed by atoms with van der Waals surface area (Å²) in [5.41, 5.74) is 7.35. The molecule has 0 aromatic heterocycles. The second-order valence-corrected chi connectivity index (χ2v) is 4.36. The maximum Gasteiger partial charge on any atom is 0.305 e. The van der Waals surface area contributed by atoms with Crippen LogP contribution in [0.25, 0.3) is 0 Å². The average molecular weight is 268 g/mol. The van der Waals surface area contributed by atoms with Crippen LogP contribution in [0.5, 0.6) is 11.5 Å². The maximum absolute atomic E-state index is 10.8. The number of aliphatic carboxylic acids is 1. The quantitative estimate of drug-likeness (QED) is 0.807. The maximum atomic E-state index is 10.8. The number of ether oxygens (including phenoxy) is 2. The van der Waals surface area contributed by atoms with Gasteiger partial charge in [0, 0.05) is 31.8 Å². The number of hydrogen-bond acceptors (Lipinski definition) is 5. The Morgan fingerprint density at radius 1 is 1.32 bits per heavy atom. The van der Waals surface area contributed by atoms with Gasteiger partial charge in [0.1, 0.15) is 11.5 Å². The highest BCUT2D eigenvalue weighted by Crippen LogP contribution is 2.37. The lowest BCUT2D eigenvalue weighted by Crippen LogP contribution is -2.17. The summed E-state index contributed by atoms with van der Waals surface area (Å²) in [5, 5.41) is 8.82. The number of benzene rings is 1. The Morgan fingerprint density at radius 3 is 2.32 bits per heavy atom. The molecule has 0 heterocycles. The van der Waals surface area contributed by atoms with Gasteiger partial charge in [0.25, 0.3) is 0 Å². The number of rotatable bonds is 6. The summed E-state index contributed by atoms with van der Waals surface area (Å²) in [4.78, 5) is 12.6. The minimum atomic E-state index is -0.954. The van der Waals surface area contributed by atoms with E-state index in [1.165, 1.54) is 7.11 Å². The first kappa shape index (κ1) is 15.1. The van der Waals surface area contributed by atoms with Crippen LogP contribution >= 0.6 is 0 Å². The molecular formula is C13H20N2O4. The molecule has 19 heavy (non-hydrogen) atoms. The topological polar surface area (TPSA) is 85.0 Å². The van der Waals surface area contributed by atoms with Crippen LogP contribution in [0, 0.1) is 0 Å². The predicted octanol–water partition coefficient (Wildman–Crippen LogP) is 1.24. The van der Waals surface area contributed by atoms with Crippen molar-refractivity contribution in [3.05, 3.63) is 17.7 Å². The van der Waals surface area contributed by atoms with Gasteiger partial charge >= 0.3 is 5.97 Å². The number of nitrogens with zero attached hydrogens (tertiary/aromatic N) is 1. The van der Waals surface area contributed by atoms with E-state index in [9.17, 15) is 4.79 Å². The Balaban J connectivity index is 3.27. The molecule has 1 atom stereocenters. The van der Waals surface area contributed by atoms with E-state index in [0.717, 1.165) is 5.69 Å². The number of carboxylic acid groups (broad SMARTS) is 1. The summed E-state index contributed by atoms with van der Waals surface area (Å²) in [7, 11) is 6.85. The third-order valence-electron chi connectivity index (χ3n) is 2.81. The first-order chi connectivity index (χ1) is 8.90. The molecule has 0 aliphatic rings. The minimum Gasteiger partial charge on any atom is -0.496 e. The van der Waals surface area contributed by atoms with Gasteiger partial charge in [-0.05, 0) is 6.07 Å².